The van der Waals surface area contributed by atoms with E-state index in [1.165, 1.54) is 23.5 Å². The topological polar surface area (TPSA) is 104 Å². The summed E-state index contributed by atoms with van der Waals surface area (Å²) in [7, 11) is 0. The van der Waals surface area contributed by atoms with Gasteiger partial charge in [0.2, 0.25) is 5.91 Å². The highest BCUT2D eigenvalue weighted by atomic mass is 35.5. The van der Waals surface area contributed by atoms with Gasteiger partial charge in [0.15, 0.2) is 15.7 Å². The lowest BCUT2D eigenvalue weighted by atomic mass is 10.1. The molecule has 0 saturated carbocycles. The molecular formula is C12H12ClN3O4S. The standard InChI is InChI=1S/C12H12ClN3O4S/c1-12(20,10(18)19)6-14-8(17)3-2-7-9(13)15-11-16(7)4-5-21-11/h2-5,20H,6H2,1H3,(H,14,17)(H,18,19). The molecule has 0 spiro atoms. The number of imidazole rings is 1. The smallest absolute Gasteiger partial charge is 0.337 e. The van der Waals surface area contributed by atoms with E-state index in [2.05, 4.69) is 10.3 Å². The van der Waals surface area contributed by atoms with Gasteiger partial charge in [-0.1, -0.05) is 11.6 Å². The van der Waals surface area contributed by atoms with Crippen molar-refractivity contribution >= 4 is 45.9 Å². The first kappa shape index (κ1) is 15.5. The summed E-state index contributed by atoms with van der Waals surface area (Å²) in [6, 6.07) is 0. The largest absolute Gasteiger partial charge is 0.479 e. The number of carboxylic acid groups (broad SMARTS) is 1. The van der Waals surface area contributed by atoms with Crippen LogP contribution in [0, 0.1) is 0 Å². The Kier molecular flexibility index (Phi) is 4.31. The van der Waals surface area contributed by atoms with Crippen LogP contribution in [0.15, 0.2) is 17.7 Å². The number of aliphatic hydroxyl groups is 1. The lowest BCUT2D eigenvalue weighted by molar-refractivity contribution is -0.156. The van der Waals surface area contributed by atoms with E-state index in [4.69, 9.17) is 16.7 Å². The van der Waals surface area contributed by atoms with Gasteiger partial charge >= 0.3 is 5.97 Å². The molecule has 0 saturated heterocycles. The van der Waals surface area contributed by atoms with Crippen LogP contribution in [0.2, 0.25) is 5.15 Å². The number of carbonyl (C=O) groups excluding carboxylic acids is 1. The van der Waals surface area contributed by atoms with Gasteiger partial charge in [0.1, 0.15) is 0 Å². The van der Waals surface area contributed by atoms with Gasteiger partial charge in [-0.05, 0) is 13.0 Å². The highest BCUT2D eigenvalue weighted by Gasteiger charge is 2.29. The number of rotatable bonds is 5. The number of nitrogens with zero attached hydrogens (tertiary/aromatic N) is 2. The summed E-state index contributed by atoms with van der Waals surface area (Å²) in [5.41, 5.74) is -1.47. The Hall–Kier alpha value is -1.90. The Morgan fingerprint density at radius 3 is 3.00 bits per heavy atom. The average Bonchev–Trinajstić information content (AvgIpc) is 2.95. The van der Waals surface area contributed by atoms with E-state index in [1.54, 1.807) is 10.6 Å². The van der Waals surface area contributed by atoms with E-state index < -0.39 is 24.0 Å². The molecule has 0 bridgehead atoms. The van der Waals surface area contributed by atoms with Crippen LogP contribution in [-0.4, -0.2) is 43.6 Å². The monoisotopic (exact) mass is 329 g/mol. The molecule has 0 fully saturated rings. The summed E-state index contributed by atoms with van der Waals surface area (Å²) in [5, 5.41) is 22.6. The molecule has 1 amide bonds. The van der Waals surface area contributed by atoms with Gasteiger partial charge in [-0.15, -0.1) is 11.3 Å². The van der Waals surface area contributed by atoms with Gasteiger partial charge in [0.05, 0.1) is 12.2 Å². The van der Waals surface area contributed by atoms with Gasteiger partial charge in [-0.2, -0.15) is 0 Å². The molecule has 3 N–H and O–H groups in total. The lowest BCUT2D eigenvalue weighted by Gasteiger charge is -2.17. The Morgan fingerprint density at radius 1 is 1.62 bits per heavy atom. The van der Waals surface area contributed by atoms with Crippen LogP contribution in [0.5, 0.6) is 0 Å². The van der Waals surface area contributed by atoms with Gasteiger partial charge in [-0.3, -0.25) is 9.20 Å². The molecule has 1 unspecified atom stereocenters. The van der Waals surface area contributed by atoms with Crippen LogP contribution >= 0.6 is 22.9 Å². The average molecular weight is 330 g/mol. The fraction of sp³-hybridized carbons (Fsp3) is 0.250. The van der Waals surface area contributed by atoms with Gasteiger partial charge in [-0.25, -0.2) is 9.78 Å². The first-order valence-electron chi connectivity index (χ1n) is 5.84. The molecule has 0 aliphatic heterocycles. The fourth-order valence-corrected chi connectivity index (χ4v) is 2.48. The molecule has 2 heterocycles. The summed E-state index contributed by atoms with van der Waals surface area (Å²) >= 11 is 7.37. The van der Waals surface area contributed by atoms with E-state index in [9.17, 15) is 14.7 Å². The normalized spacial score (nSPS) is 14.4. The molecule has 2 aromatic heterocycles. The fourth-order valence-electron chi connectivity index (χ4n) is 1.47. The van der Waals surface area contributed by atoms with Crippen LogP contribution in [0.25, 0.3) is 11.0 Å². The Bertz CT molecular complexity index is 719. The Labute approximate surface area is 128 Å². The van der Waals surface area contributed by atoms with E-state index in [0.717, 1.165) is 6.92 Å². The van der Waals surface area contributed by atoms with Gasteiger partial charge in [0.25, 0.3) is 0 Å². The molecule has 9 heteroatoms. The number of thiazole rings is 1. The number of amides is 1. The molecule has 2 rings (SSSR count). The molecule has 0 radical (unpaired) electrons. The van der Waals surface area contributed by atoms with Crippen molar-refractivity contribution in [1.29, 1.82) is 0 Å². The molecular weight excluding hydrogens is 318 g/mol. The number of aliphatic carboxylic acids is 1. The van der Waals surface area contributed by atoms with Crippen molar-refractivity contribution in [2.75, 3.05) is 6.54 Å². The SMILES string of the molecule is CC(O)(CNC(=O)C=Cc1c(Cl)nc2sccn12)C(=O)O. The first-order chi connectivity index (χ1) is 9.81. The third-order valence-electron chi connectivity index (χ3n) is 2.71. The zero-order valence-corrected chi connectivity index (χ0v) is 12.5. The highest BCUT2D eigenvalue weighted by molar-refractivity contribution is 7.15. The molecule has 7 nitrogen and oxygen atoms in total. The van der Waals surface area contributed by atoms with E-state index >= 15 is 0 Å². The van der Waals surface area contributed by atoms with Crippen molar-refractivity contribution in [3.05, 3.63) is 28.5 Å². The minimum Gasteiger partial charge on any atom is -0.479 e. The zero-order valence-electron chi connectivity index (χ0n) is 10.9. The highest BCUT2D eigenvalue weighted by Crippen LogP contribution is 2.22. The van der Waals surface area contributed by atoms with Crippen molar-refractivity contribution in [3.8, 4) is 0 Å². The lowest BCUT2D eigenvalue weighted by Crippen LogP contribution is -2.46. The van der Waals surface area contributed by atoms with Crippen molar-refractivity contribution in [2.24, 2.45) is 0 Å². The predicted octanol–water partition coefficient (Wildman–Crippen LogP) is 1.01. The molecule has 0 aliphatic carbocycles. The minimum atomic E-state index is -2.02. The zero-order chi connectivity index (χ0) is 15.6. The van der Waals surface area contributed by atoms with E-state index in [1.807, 2.05) is 5.38 Å². The van der Waals surface area contributed by atoms with Crippen molar-refractivity contribution in [3.63, 3.8) is 0 Å². The molecule has 112 valence electrons. The number of aromatic nitrogens is 2. The second-order valence-electron chi connectivity index (χ2n) is 4.47. The number of halogens is 1. The quantitative estimate of drug-likeness (QED) is 0.710. The maximum Gasteiger partial charge on any atom is 0.337 e. The summed E-state index contributed by atoms with van der Waals surface area (Å²) < 4.78 is 1.73. The molecule has 21 heavy (non-hydrogen) atoms. The third-order valence-corrected chi connectivity index (χ3v) is 3.75. The number of nitrogens with one attached hydrogen (secondary N) is 1. The summed E-state index contributed by atoms with van der Waals surface area (Å²) in [6.07, 6.45) is 4.44. The Balaban J connectivity index is 2.04. The number of hydrogen-bond acceptors (Lipinski definition) is 5. The van der Waals surface area contributed by atoms with Crippen molar-refractivity contribution in [1.82, 2.24) is 14.7 Å². The maximum absolute atomic E-state index is 11.6. The third kappa shape index (κ3) is 3.41. The van der Waals surface area contributed by atoms with Crippen molar-refractivity contribution in [2.45, 2.75) is 12.5 Å². The summed E-state index contributed by atoms with van der Waals surface area (Å²) in [4.78, 5) is 27.1. The van der Waals surface area contributed by atoms with Crippen molar-refractivity contribution < 1.29 is 19.8 Å². The maximum atomic E-state index is 11.6. The van der Waals surface area contributed by atoms with E-state index in [-0.39, 0.29) is 5.15 Å². The van der Waals surface area contributed by atoms with Gasteiger partial charge < -0.3 is 15.5 Å². The number of hydrogen-bond donors (Lipinski definition) is 3. The first-order valence-corrected chi connectivity index (χ1v) is 7.10. The minimum absolute atomic E-state index is 0.267. The molecule has 0 aliphatic rings. The number of carbonyl (C=O) groups is 2. The molecule has 1 atom stereocenters. The van der Waals surface area contributed by atoms with Crippen LogP contribution < -0.4 is 5.32 Å². The predicted molar refractivity (Wildman–Crippen MR) is 78.4 cm³/mol. The molecule has 0 aromatic carbocycles. The van der Waals surface area contributed by atoms with Crippen LogP contribution in [0.3, 0.4) is 0 Å². The van der Waals surface area contributed by atoms with Gasteiger partial charge in [0, 0.05) is 17.7 Å². The molecule has 2 aromatic rings. The second kappa shape index (κ2) is 5.84. The number of carboxylic acids is 1. The summed E-state index contributed by atoms with van der Waals surface area (Å²) in [6.45, 7) is 0.696. The Morgan fingerprint density at radius 2 is 2.33 bits per heavy atom. The second-order valence-corrected chi connectivity index (χ2v) is 5.70. The van der Waals surface area contributed by atoms with Crippen LogP contribution in [0.1, 0.15) is 12.6 Å². The number of fused-ring (bicyclic) bond motifs is 1. The summed E-state index contributed by atoms with van der Waals surface area (Å²) in [5.74, 6) is -1.96. The van der Waals surface area contributed by atoms with Crippen LogP contribution in [-0.2, 0) is 9.59 Å². The van der Waals surface area contributed by atoms with E-state index in [0.29, 0.717) is 10.7 Å². The van der Waals surface area contributed by atoms with Crippen LogP contribution in [0.4, 0.5) is 0 Å².